The fraction of sp³-hybridized carbons (Fsp3) is 0.438. The number of carboxylic acids is 1. The molecular weight excluding hydrogens is 401 g/mol. The van der Waals surface area contributed by atoms with Crippen molar-refractivity contribution < 1.29 is 63.4 Å². The number of rotatable bonds is 7. The second-order valence-electron chi connectivity index (χ2n) is 5.94. The number of thioether (sulfide) groups is 1. The third kappa shape index (κ3) is 4.84. The number of hydroxylamine groups is 2. The van der Waals surface area contributed by atoms with Gasteiger partial charge in [0.1, 0.15) is 18.6 Å². The first kappa shape index (κ1) is 22.6. The van der Waals surface area contributed by atoms with Crippen molar-refractivity contribution in [2.75, 3.05) is 12.4 Å². The van der Waals surface area contributed by atoms with Gasteiger partial charge in [-0.15, -0.1) is 11.8 Å². The zero-order valence-corrected chi connectivity index (χ0v) is 17.9. The Morgan fingerprint density at radius 1 is 1.36 bits per heavy atom. The van der Waals surface area contributed by atoms with Crippen molar-refractivity contribution in [2.24, 2.45) is 0 Å². The van der Waals surface area contributed by atoms with Crippen LogP contribution < -0.4 is 40.0 Å². The SMILES string of the molecule is O=C(CSCc1ccncc1)N[C@H]1CON(C2(C(=O)[O-])CCC(=O)O2)C1=O.[Na+]. The van der Waals surface area contributed by atoms with Crippen LogP contribution in [0.3, 0.4) is 0 Å². The summed E-state index contributed by atoms with van der Waals surface area (Å²) in [6, 6.07) is 2.60. The molecule has 0 aliphatic carbocycles. The molecule has 2 atom stereocenters. The molecular formula is C16H16N3NaO7S. The topological polar surface area (TPSA) is 138 Å². The third-order valence-electron chi connectivity index (χ3n) is 4.05. The minimum absolute atomic E-state index is 0. The Balaban J connectivity index is 0.00000280. The fourth-order valence-electron chi connectivity index (χ4n) is 2.72. The number of hydrogen-bond donors (Lipinski definition) is 1. The van der Waals surface area contributed by atoms with Crippen molar-refractivity contribution in [1.29, 1.82) is 0 Å². The number of carbonyl (C=O) groups is 4. The second-order valence-corrected chi connectivity index (χ2v) is 6.93. The molecule has 28 heavy (non-hydrogen) atoms. The molecule has 1 unspecified atom stereocenters. The van der Waals surface area contributed by atoms with Crippen molar-refractivity contribution in [3.63, 3.8) is 0 Å². The summed E-state index contributed by atoms with van der Waals surface area (Å²) in [5.41, 5.74) is -1.28. The number of cyclic esters (lactones) is 1. The number of nitrogens with zero attached hydrogens (tertiary/aromatic N) is 2. The zero-order valence-electron chi connectivity index (χ0n) is 15.1. The molecule has 0 saturated carbocycles. The molecule has 2 amide bonds. The molecule has 2 aliphatic rings. The maximum atomic E-state index is 12.4. The Morgan fingerprint density at radius 2 is 2.07 bits per heavy atom. The summed E-state index contributed by atoms with van der Waals surface area (Å²) in [6.45, 7) is -0.258. The molecule has 2 fully saturated rings. The van der Waals surface area contributed by atoms with Gasteiger partial charge in [0.05, 0.1) is 12.2 Å². The van der Waals surface area contributed by atoms with Crippen molar-refractivity contribution in [3.8, 4) is 0 Å². The first-order valence-corrected chi connectivity index (χ1v) is 9.24. The molecule has 3 heterocycles. The number of hydrogen-bond acceptors (Lipinski definition) is 9. The number of carbonyl (C=O) groups excluding carboxylic acids is 4. The summed E-state index contributed by atoms with van der Waals surface area (Å²) in [4.78, 5) is 56.3. The Hall–Kier alpha value is -1.66. The number of nitrogens with one attached hydrogen (secondary N) is 1. The van der Waals surface area contributed by atoms with Crippen LogP contribution in [0.4, 0.5) is 0 Å². The predicted molar refractivity (Wildman–Crippen MR) is 88.2 cm³/mol. The standard InChI is InChI=1S/C16H17N3O7S.Na/c20-12(9-27-8-10-2-5-17-6-3-10)18-11-7-25-19(14(11)22)16(15(23)24)4-1-13(21)26-16;/h2-3,5-6,11H,1,4,7-9H2,(H,18,20)(H,23,24);/q;+1/p-1/t11-,16?;/m0./s1. The summed E-state index contributed by atoms with van der Waals surface area (Å²) in [6.07, 6.45) is 2.86. The number of amides is 2. The van der Waals surface area contributed by atoms with Crippen LogP contribution in [0.2, 0.25) is 0 Å². The largest absolute Gasteiger partial charge is 1.00 e. The molecule has 1 N–H and O–H groups in total. The Kier molecular flexibility index (Phi) is 7.84. The Bertz CT molecular complexity index is 766. The minimum atomic E-state index is -2.29. The summed E-state index contributed by atoms with van der Waals surface area (Å²) < 4.78 is 4.79. The number of pyridine rings is 1. The molecule has 12 heteroatoms. The van der Waals surface area contributed by atoms with Gasteiger partial charge in [0, 0.05) is 24.6 Å². The van der Waals surface area contributed by atoms with E-state index in [0.29, 0.717) is 10.8 Å². The van der Waals surface area contributed by atoms with Gasteiger partial charge in [-0.1, -0.05) is 0 Å². The van der Waals surface area contributed by atoms with E-state index >= 15 is 0 Å². The third-order valence-corrected chi connectivity index (χ3v) is 5.06. The van der Waals surface area contributed by atoms with Crippen LogP contribution in [0.15, 0.2) is 24.5 Å². The molecule has 1 aromatic heterocycles. The number of aromatic nitrogens is 1. The van der Waals surface area contributed by atoms with Crippen molar-refractivity contribution in [1.82, 2.24) is 15.4 Å². The maximum Gasteiger partial charge on any atom is 1.00 e. The summed E-state index contributed by atoms with van der Waals surface area (Å²) in [5.74, 6) is -3.02. The molecule has 3 rings (SSSR count). The number of carboxylic acid groups (broad SMARTS) is 1. The van der Waals surface area contributed by atoms with E-state index in [4.69, 9.17) is 9.57 Å². The Morgan fingerprint density at radius 3 is 2.68 bits per heavy atom. The zero-order chi connectivity index (χ0) is 19.4. The van der Waals surface area contributed by atoms with Crippen LogP contribution >= 0.6 is 11.8 Å². The van der Waals surface area contributed by atoms with E-state index in [1.165, 1.54) is 11.8 Å². The van der Waals surface area contributed by atoms with E-state index in [2.05, 4.69) is 10.3 Å². The van der Waals surface area contributed by atoms with Gasteiger partial charge < -0.3 is 20.0 Å². The molecule has 1 aromatic rings. The summed E-state index contributed by atoms with van der Waals surface area (Å²) in [7, 11) is 0. The van der Waals surface area contributed by atoms with E-state index in [1.807, 2.05) is 12.1 Å². The molecule has 0 bridgehead atoms. The van der Waals surface area contributed by atoms with Gasteiger partial charge in [-0.3, -0.25) is 24.2 Å². The van der Waals surface area contributed by atoms with Crippen LogP contribution in [-0.4, -0.2) is 57.9 Å². The normalized spacial score (nSPS) is 23.9. The predicted octanol–water partition coefficient (Wildman–Crippen LogP) is -4.64. The molecule has 2 aliphatic heterocycles. The van der Waals surface area contributed by atoms with Gasteiger partial charge in [-0.25, -0.2) is 0 Å². The first-order valence-electron chi connectivity index (χ1n) is 8.08. The molecule has 144 valence electrons. The van der Waals surface area contributed by atoms with Crippen LogP contribution in [0, 0.1) is 0 Å². The summed E-state index contributed by atoms with van der Waals surface area (Å²) >= 11 is 1.35. The van der Waals surface area contributed by atoms with Crippen LogP contribution in [0.25, 0.3) is 0 Å². The smallest absolute Gasteiger partial charge is 0.544 e. The first-order chi connectivity index (χ1) is 12.9. The van der Waals surface area contributed by atoms with Gasteiger partial charge >= 0.3 is 35.5 Å². The van der Waals surface area contributed by atoms with Crippen molar-refractivity contribution in [2.45, 2.75) is 30.4 Å². The van der Waals surface area contributed by atoms with Crippen molar-refractivity contribution in [3.05, 3.63) is 30.1 Å². The van der Waals surface area contributed by atoms with Gasteiger partial charge in [-0.2, -0.15) is 5.06 Å². The van der Waals surface area contributed by atoms with Crippen LogP contribution in [-0.2, 0) is 34.5 Å². The number of ether oxygens (including phenoxy) is 1. The second kappa shape index (κ2) is 9.70. The van der Waals surface area contributed by atoms with Gasteiger partial charge in [0.25, 0.3) is 11.6 Å². The monoisotopic (exact) mass is 417 g/mol. The van der Waals surface area contributed by atoms with Crippen molar-refractivity contribution >= 4 is 35.5 Å². The van der Waals surface area contributed by atoms with E-state index in [0.717, 1.165) is 5.56 Å². The van der Waals surface area contributed by atoms with Gasteiger partial charge in [0.15, 0.2) is 0 Å². The molecule has 10 nitrogen and oxygen atoms in total. The van der Waals surface area contributed by atoms with Crippen LogP contribution in [0.5, 0.6) is 0 Å². The van der Waals surface area contributed by atoms with E-state index in [-0.39, 0.29) is 54.8 Å². The average Bonchev–Trinajstić information content (AvgIpc) is 3.20. The molecule has 0 radical (unpaired) electrons. The molecule has 0 aromatic carbocycles. The van der Waals surface area contributed by atoms with E-state index in [1.54, 1.807) is 12.4 Å². The van der Waals surface area contributed by atoms with Gasteiger partial charge in [0.2, 0.25) is 5.91 Å². The minimum Gasteiger partial charge on any atom is -0.544 e. The number of aliphatic carboxylic acids is 1. The fourth-order valence-corrected chi connectivity index (χ4v) is 3.52. The van der Waals surface area contributed by atoms with Crippen LogP contribution in [0.1, 0.15) is 18.4 Å². The average molecular weight is 417 g/mol. The number of esters is 1. The summed E-state index contributed by atoms with van der Waals surface area (Å²) in [5, 5.41) is 14.4. The van der Waals surface area contributed by atoms with Gasteiger partial charge in [-0.05, 0) is 17.7 Å². The van der Waals surface area contributed by atoms with E-state index < -0.39 is 35.5 Å². The molecule has 0 spiro atoms. The maximum absolute atomic E-state index is 12.4. The van der Waals surface area contributed by atoms with E-state index in [9.17, 15) is 24.3 Å². The molecule has 2 saturated heterocycles. The Labute approximate surface area is 186 Å². The quantitative estimate of drug-likeness (QED) is 0.343.